The molecule has 0 fully saturated rings. The number of nitrogens with two attached hydrogens (primary N) is 1. The third-order valence-electron chi connectivity index (χ3n) is 2.29. The van der Waals surface area contributed by atoms with Gasteiger partial charge in [0, 0.05) is 0 Å². The number of alkyl halides is 1. The molecule has 0 saturated carbocycles. The van der Waals surface area contributed by atoms with Gasteiger partial charge in [-0.3, -0.25) is 9.59 Å². The van der Waals surface area contributed by atoms with Crippen molar-refractivity contribution in [1.29, 1.82) is 0 Å². The molecule has 0 bridgehead atoms. The van der Waals surface area contributed by atoms with E-state index in [1.807, 2.05) is 5.92 Å². The van der Waals surface area contributed by atoms with Crippen LogP contribution in [0.1, 0.15) is 32.6 Å². The van der Waals surface area contributed by atoms with Crippen molar-refractivity contribution in [3.05, 3.63) is 0 Å². The van der Waals surface area contributed by atoms with Gasteiger partial charge in [-0.2, -0.15) is 0 Å². The van der Waals surface area contributed by atoms with Gasteiger partial charge in [-0.05, 0) is 12.3 Å². The van der Waals surface area contributed by atoms with Gasteiger partial charge < -0.3 is 15.8 Å². The fourth-order valence-corrected chi connectivity index (χ4v) is 1.27. The fraction of sp³-hybridized carbons (Fsp3) is 0.615. The van der Waals surface area contributed by atoms with Crippen LogP contribution in [-0.4, -0.2) is 37.1 Å². The standard InChI is InChI=1S/C13H19FN2O4/c1-2-3-4-5-8-20-13(19)16-10(11(17)9-14)6-7-12(15)18/h10H,2-5,8-9H2,1H3,(H2,15,18)(H,16,19). The monoisotopic (exact) mass is 286 g/mol. The van der Waals surface area contributed by atoms with Crippen LogP contribution in [0.5, 0.6) is 0 Å². The van der Waals surface area contributed by atoms with Crippen molar-refractivity contribution in [3.63, 3.8) is 0 Å². The van der Waals surface area contributed by atoms with Gasteiger partial charge in [0.1, 0.15) is 0 Å². The molecule has 0 aliphatic rings. The van der Waals surface area contributed by atoms with Crippen LogP contribution >= 0.6 is 0 Å². The Morgan fingerprint density at radius 3 is 2.55 bits per heavy atom. The second-order valence-corrected chi connectivity index (χ2v) is 4.01. The molecule has 0 aromatic heterocycles. The molecule has 112 valence electrons. The lowest BCUT2D eigenvalue weighted by Crippen LogP contribution is -2.41. The number of ether oxygens (including phenoxy) is 1. The molecule has 0 spiro atoms. The third-order valence-corrected chi connectivity index (χ3v) is 2.29. The molecule has 7 heteroatoms. The molecule has 0 aromatic carbocycles. The van der Waals surface area contributed by atoms with Gasteiger partial charge in [0.25, 0.3) is 5.91 Å². The van der Waals surface area contributed by atoms with Gasteiger partial charge in [0.2, 0.25) is 0 Å². The number of carbonyl (C=O) groups excluding carboxylic acids is 3. The highest BCUT2D eigenvalue weighted by Crippen LogP contribution is 1.99. The van der Waals surface area contributed by atoms with Crippen LogP contribution in [0.15, 0.2) is 0 Å². The summed E-state index contributed by atoms with van der Waals surface area (Å²) in [5.74, 6) is 2.02. The number of hydrogen-bond acceptors (Lipinski definition) is 4. The number of alkyl carbamates (subject to hydrolysis) is 1. The largest absolute Gasteiger partial charge is 0.450 e. The van der Waals surface area contributed by atoms with Crippen LogP contribution in [-0.2, 0) is 14.3 Å². The van der Waals surface area contributed by atoms with E-state index in [0.717, 1.165) is 19.3 Å². The highest BCUT2D eigenvalue weighted by atomic mass is 19.1. The Balaban J connectivity index is 4.23. The van der Waals surface area contributed by atoms with Crippen LogP contribution < -0.4 is 11.1 Å². The van der Waals surface area contributed by atoms with Crippen molar-refractivity contribution in [2.45, 2.75) is 38.6 Å². The third kappa shape index (κ3) is 8.91. The van der Waals surface area contributed by atoms with E-state index in [2.05, 4.69) is 18.2 Å². The number of ketones is 1. The molecule has 2 amide bonds. The average Bonchev–Trinajstić information content (AvgIpc) is 2.42. The fourth-order valence-electron chi connectivity index (χ4n) is 1.27. The van der Waals surface area contributed by atoms with Crippen LogP contribution in [0.2, 0.25) is 0 Å². The maximum absolute atomic E-state index is 12.3. The van der Waals surface area contributed by atoms with Crippen molar-refractivity contribution >= 4 is 17.8 Å². The topological polar surface area (TPSA) is 98.5 Å². The molecular weight excluding hydrogens is 267 g/mol. The average molecular weight is 286 g/mol. The first-order valence-electron chi connectivity index (χ1n) is 6.34. The number of rotatable bonds is 8. The van der Waals surface area contributed by atoms with E-state index < -0.39 is 30.5 Å². The van der Waals surface area contributed by atoms with Gasteiger partial charge in [-0.15, -0.1) is 0 Å². The number of carbonyl (C=O) groups is 3. The number of Topliss-reactive ketones (excluding diaryl/α,β-unsaturated/α-hetero) is 1. The number of amides is 2. The quantitative estimate of drug-likeness (QED) is 0.506. The van der Waals surface area contributed by atoms with Gasteiger partial charge in [-0.25, -0.2) is 9.18 Å². The summed E-state index contributed by atoms with van der Waals surface area (Å²) in [5, 5.41) is 2.08. The van der Waals surface area contributed by atoms with Crippen LogP contribution in [0, 0.1) is 11.8 Å². The molecule has 0 aromatic rings. The second-order valence-electron chi connectivity index (χ2n) is 4.01. The van der Waals surface area contributed by atoms with E-state index in [9.17, 15) is 18.8 Å². The van der Waals surface area contributed by atoms with Crippen LogP contribution in [0.3, 0.4) is 0 Å². The molecule has 0 radical (unpaired) electrons. The van der Waals surface area contributed by atoms with E-state index >= 15 is 0 Å². The summed E-state index contributed by atoms with van der Waals surface area (Å²) in [5.41, 5.74) is 4.78. The lowest BCUT2D eigenvalue weighted by molar-refractivity contribution is -0.120. The summed E-state index contributed by atoms with van der Waals surface area (Å²) in [6.45, 7) is 0.943. The zero-order valence-electron chi connectivity index (χ0n) is 11.4. The van der Waals surface area contributed by atoms with E-state index in [-0.39, 0.29) is 6.61 Å². The van der Waals surface area contributed by atoms with Crippen molar-refractivity contribution in [2.24, 2.45) is 5.73 Å². The minimum Gasteiger partial charge on any atom is -0.450 e. The van der Waals surface area contributed by atoms with Gasteiger partial charge in [0.15, 0.2) is 18.5 Å². The maximum atomic E-state index is 12.3. The zero-order chi connectivity index (χ0) is 15.4. The van der Waals surface area contributed by atoms with E-state index in [4.69, 9.17) is 10.5 Å². The molecule has 0 aliphatic carbocycles. The lowest BCUT2D eigenvalue weighted by Gasteiger charge is -2.10. The molecule has 20 heavy (non-hydrogen) atoms. The number of halogens is 1. The Labute approximate surface area is 117 Å². The number of hydrogen-bond donors (Lipinski definition) is 2. The van der Waals surface area contributed by atoms with Gasteiger partial charge >= 0.3 is 6.09 Å². The normalized spacial score (nSPS) is 10.9. The Hall–Kier alpha value is -2.10. The van der Waals surface area contributed by atoms with Crippen LogP contribution in [0.4, 0.5) is 9.18 Å². The zero-order valence-corrected chi connectivity index (χ0v) is 11.4. The molecule has 0 saturated heterocycles. The molecular formula is C13H19FN2O4. The van der Waals surface area contributed by atoms with Crippen LogP contribution in [0.25, 0.3) is 0 Å². The summed E-state index contributed by atoms with van der Waals surface area (Å²) >= 11 is 0. The van der Waals surface area contributed by atoms with Gasteiger partial charge in [-0.1, -0.05) is 32.1 Å². The first-order valence-corrected chi connectivity index (χ1v) is 6.34. The van der Waals surface area contributed by atoms with E-state index in [1.54, 1.807) is 0 Å². The predicted molar refractivity (Wildman–Crippen MR) is 70.4 cm³/mol. The summed E-state index contributed by atoms with van der Waals surface area (Å²) in [4.78, 5) is 33.0. The number of primary amides is 1. The van der Waals surface area contributed by atoms with Crippen molar-refractivity contribution in [1.82, 2.24) is 5.32 Å². The summed E-state index contributed by atoms with van der Waals surface area (Å²) in [6.07, 6.45) is 2.85. The van der Waals surface area contributed by atoms with E-state index in [0.29, 0.717) is 6.42 Å². The van der Waals surface area contributed by atoms with Gasteiger partial charge in [0.05, 0.1) is 6.61 Å². The van der Waals surface area contributed by atoms with E-state index in [1.165, 1.54) is 0 Å². The Morgan fingerprint density at radius 1 is 1.30 bits per heavy atom. The molecule has 0 rings (SSSR count). The number of unbranched alkanes of at least 4 members (excludes halogenated alkanes) is 3. The predicted octanol–water partition coefficient (Wildman–Crippen LogP) is 0.689. The molecule has 1 atom stereocenters. The molecule has 6 nitrogen and oxygen atoms in total. The molecule has 3 N–H and O–H groups in total. The van der Waals surface area contributed by atoms with Crippen molar-refractivity contribution in [2.75, 3.05) is 13.3 Å². The van der Waals surface area contributed by atoms with Crippen molar-refractivity contribution < 1.29 is 23.5 Å². The molecule has 0 heterocycles. The summed E-state index contributed by atoms with van der Waals surface area (Å²) in [6, 6.07) is -1.43. The number of nitrogens with one attached hydrogen (secondary N) is 1. The minimum atomic E-state index is -1.43. The smallest absolute Gasteiger partial charge is 0.408 e. The lowest BCUT2D eigenvalue weighted by atomic mass is 10.2. The Kier molecular flexibility index (Phi) is 9.66. The minimum absolute atomic E-state index is 0.200. The second kappa shape index (κ2) is 10.8. The highest BCUT2D eigenvalue weighted by molar-refractivity contribution is 5.96. The van der Waals surface area contributed by atoms with Crippen molar-refractivity contribution in [3.8, 4) is 11.8 Å². The Morgan fingerprint density at radius 2 is 2.00 bits per heavy atom. The summed E-state index contributed by atoms with van der Waals surface area (Å²) < 4.78 is 17.1. The molecule has 1 unspecified atom stereocenters. The highest BCUT2D eigenvalue weighted by Gasteiger charge is 2.19. The maximum Gasteiger partial charge on any atom is 0.408 e. The molecule has 0 aliphatic heterocycles. The first kappa shape index (κ1) is 17.9. The summed E-state index contributed by atoms with van der Waals surface area (Å²) in [7, 11) is 0. The first-order chi connectivity index (χ1) is 9.51. The SMILES string of the molecule is CCCCCCOC(=O)NC(C#CC(N)=O)C(=O)CF. The Bertz CT molecular complexity index is 401.